The van der Waals surface area contributed by atoms with Crippen molar-refractivity contribution in [1.82, 2.24) is 5.32 Å². The van der Waals surface area contributed by atoms with Crippen LogP contribution in [0.2, 0.25) is 0 Å². The van der Waals surface area contributed by atoms with Crippen LogP contribution in [0, 0.1) is 0 Å². The number of Topliss-reactive ketones (excluding diaryl/α,β-unsaturated/α-hetero) is 1. The molecule has 1 saturated heterocycles. The highest BCUT2D eigenvalue weighted by Crippen LogP contribution is 2.36. The van der Waals surface area contributed by atoms with E-state index in [1.54, 1.807) is 0 Å². The van der Waals surface area contributed by atoms with E-state index >= 15 is 0 Å². The Morgan fingerprint density at radius 1 is 1.30 bits per heavy atom. The maximum absolute atomic E-state index is 12.5. The van der Waals surface area contributed by atoms with E-state index in [0.29, 0.717) is 0 Å². The summed E-state index contributed by atoms with van der Waals surface area (Å²) in [6.07, 6.45) is -7.75. The number of carbonyl (C=O) groups excluding carboxylic acids is 3. The summed E-state index contributed by atoms with van der Waals surface area (Å²) >= 11 is 2.86. The SMILES string of the molecule is CC(=O)O[C@H]1[C@@H](NC(=O)C(F)(F)F)[C@@](O)(C(C)=O)[C@@H](Br)O[C@@H]1C. The monoisotopic (exact) mass is 405 g/mol. The van der Waals surface area contributed by atoms with Gasteiger partial charge in [0.1, 0.15) is 6.04 Å². The zero-order chi connectivity index (χ0) is 18.2. The standard InChI is InChI=1S/C12H15BrF3NO6/c1-4-7(23-6(3)19)8(17-10(20)12(14,15)16)11(21,5(2)18)9(13)22-4/h4,7-9,21H,1-3H3,(H,17,20)/t4-,7-,8-,9+,11+/m1/s1. The van der Waals surface area contributed by atoms with Crippen LogP contribution >= 0.6 is 15.9 Å². The van der Waals surface area contributed by atoms with Crippen LogP contribution in [0.4, 0.5) is 13.2 Å². The van der Waals surface area contributed by atoms with Gasteiger partial charge in [0.05, 0.1) is 6.10 Å². The molecular weight excluding hydrogens is 391 g/mol. The molecule has 0 spiro atoms. The maximum Gasteiger partial charge on any atom is 0.471 e. The normalized spacial score (nSPS) is 34.6. The number of alkyl halides is 4. The van der Waals surface area contributed by atoms with Crippen LogP contribution in [0.5, 0.6) is 0 Å². The fourth-order valence-electron chi connectivity index (χ4n) is 2.18. The Balaban J connectivity index is 3.29. The van der Waals surface area contributed by atoms with Crippen molar-refractivity contribution in [1.29, 1.82) is 0 Å². The van der Waals surface area contributed by atoms with Crippen LogP contribution in [0.1, 0.15) is 20.8 Å². The molecule has 0 aliphatic carbocycles. The van der Waals surface area contributed by atoms with E-state index in [2.05, 4.69) is 15.9 Å². The molecular formula is C12H15BrF3NO6. The summed E-state index contributed by atoms with van der Waals surface area (Å²) in [5.74, 6) is -4.24. The van der Waals surface area contributed by atoms with Crippen LogP contribution in [0.15, 0.2) is 0 Å². The number of nitrogens with one attached hydrogen (secondary N) is 1. The van der Waals surface area contributed by atoms with Crippen molar-refractivity contribution in [2.45, 2.75) is 55.8 Å². The van der Waals surface area contributed by atoms with Crippen LogP contribution in [-0.2, 0) is 23.9 Å². The lowest BCUT2D eigenvalue weighted by atomic mass is 9.82. The molecule has 23 heavy (non-hydrogen) atoms. The van der Waals surface area contributed by atoms with E-state index in [-0.39, 0.29) is 0 Å². The topological polar surface area (TPSA) is 102 Å². The Kier molecular flexibility index (Phi) is 5.81. The first kappa shape index (κ1) is 19.8. The molecule has 1 heterocycles. The molecule has 5 atom stereocenters. The van der Waals surface area contributed by atoms with Crippen LogP contribution < -0.4 is 5.32 Å². The van der Waals surface area contributed by atoms with E-state index < -0.39 is 52.7 Å². The van der Waals surface area contributed by atoms with E-state index in [9.17, 15) is 32.7 Å². The van der Waals surface area contributed by atoms with E-state index in [1.165, 1.54) is 12.2 Å². The second-order valence-electron chi connectivity index (χ2n) is 5.06. The summed E-state index contributed by atoms with van der Waals surface area (Å²) in [4.78, 5) is 34.2. The van der Waals surface area contributed by atoms with Crippen molar-refractivity contribution in [2.75, 3.05) is 0 Å². The fraction of sp³-hybridized carbons (Fsp3) is 0.750. The number of aliphatic hydroxyl groups is 1. The summed E-state index contributed by atoms with van der Waals surface area (Å²) in [5.41, 5.74) is -2.56. The lowest BCUT2D eigenvalue weighted by Gasteiger charge is -2.47. The summed E-state index contributed by atoms with van der Waals surface area (Å²) < 4.78 is 47.6. The number of esters is 1. The minimum Gasteiger partial charge on any atom is -0.457 e. The number of hydrogen-bond donors (Lipinski definition) is 2. The lowest BCUT2D eigenvalue weighted by Crippen LogP contribution is -2.73. The number of ether oxygens (including phenoxy) is 2. The van der Waals surface area contributed by atoms with Gasteiger partial charge in [0.15, 0.2) is 22.5 Å². The largest absolute Gasteiger partial charge is 0.471 e. The van der Waals surface area contributed by atoms with Crippen molar-refractivity contribution in [2.24, 2.45) is 0 Å². The number of ketones is 1. The van der Waals surface area contributed by atoms with Crippen molar-refractivity contribution < 1.29 is 42.1 Å². The highest BCUT2D eigenvalue weighted by atomic mass is 79.9. The number of halogens is 4. The maximum atomic E-state index is 12.5. The third-order valence-corrected chi connectivity index (χ3v) is 4.27. The van der Waals surface area contributed by atoms with E-state index in [0.717, 1.165) is 13.8 Å². The number of carbonyl (C=O) groups is 3. The molecule has 1 fully saturated rings. The van der Waals surface area contributed by atoms with Gasteiger partial charge >= 0.3 is 18.1 Å². The third kappa shape index (κ3) is 4.01. The van der Waals surface area contributed by atoms with Crippen molar-refractivity contribution in [3.8, 4) is 0 Å². The predicted molar refractivity (Wildman–Crippen MR) is 72.4 cm³/mol. The molecule has 0 saturated carbocycles. The molecule has 0 aromatic carbocycles. The molecule has 1 amide bonds. The Bertz CT molecular complexity index is 514. The van der Waals surface area contributed by atoms with Gasteiger partial charge in [-0.2, -0.15) is 13.2 Å². The van der Waals surface area contributed by atoms with Crippen LogP contribution in [0.3, 0.4) is 0 Å². The van der Waals surface area contributed by atoms with Gasteiger partial charge in [0.2, 0.25) is 0 Å². The molecule has 1 aliphatic rings. The van der Waals surface area contributed by atoms with Gasteiger partial charge < -0.3 is 19.9 Å². The average Bonchev–Trinajstić information content (AvgIpc) is 2.37. The van der Waals surface area contributed by atoms with E-state index in [4.69, 9.17) is 9.47 Å². The second kappa shape index (κ2) is 6.73. The van der Waals surface area contributed by atoms with Crippen molar-refractivity contribution in [3.05, 3.63) is 0 Å². The quantitative estimate of drug-likeness (QED) is 0.521. The van der Waals surface area contributed by atoms with Gasteiger partial charge in [-0.15, -0.1) is 0 Å². The van der Waals surface area contributed by atoms with Gasteiger partial charge in [-0.3, -0.25) is 14.4 Å². The molecule has 0 aromatic heterocycles. The van der Waals surface area contributed by atoms with Crippen LogP contribution in [-0.4, -0.2) is 57.8 Å². The summed E-state index contributed by atoms with van der Waals surface area (Å²) in [5, 5.41) is 10.6. The average molecular weight is 406 g/mol. The first-order valence-electron chi connectivity index (χ1n) is 6.39. The van der Waals surface area contributed by atoms with Gasteiger partial charge in [0.25, 0.3) is 0 Å². The lowest BCUT2D eigenvalue weighted by molar-refractivity contribution is -0.215. The second-order valence-corrected chi connectivity index (χ2v) is 5.89. The van der Waals surface area contributed by atoms with Crippen molar-refractivity contribution >= 4 is 33.6 Å². The first-order chi connectivity index (χ1) is 10.3. The zero-order valence-electron chi connectivity index (χ0n) is 12.3. The van der Waals surface area contributed by atoms with Gasteiger partial charge in [-0.25, -0.2) is 0 Å². The highest BCUT2D eigenvalue weighted by Gasteiger charge is 2.60. The number of rotatable bonds is 3. The fourth-order valence-corrected chi connectivity index (χ4v) is 3.13. The molecule has 2 N–H and O–H groups in total. The molecule has 0 aromatic rings. The van der Waals surface area contributed by atoms with Crippen LogP contribution in [0.25, 0.3) is 0 Å². The Hall–Kier alpha value is -1.20. The van der Waals surface area contributed by atoms with Gasteiger partial charge in [0, 0.05) is 6.92 Å². The highest BCUT2D eigenvalue weighted by molar-refractivity contribution is 9.09. The Morgan fingerprint density at radius 3 is 2.22 bits per heavy atom. The minimum absolute atomic E-state index is 0.879. The number of hydrogen-bond acceptors (Lipinski definition) is 6. The molecule has 11 heteroatoms. The molecule has 7 nitrogen and oxygen atoms in total. The minimum atomic E-state index is -5.25. The summed E-state index contributed by atoms with van der Waals surface area (Å²) in [6.45, 7) is 3.25. The molecule has 1 aliphatic heterocycles. The third-order valence-electron chi connectivity index (χ3n) is 3.36. The predicted octanol–water partition coefficient (Wildman–Crippen LogP) is 0.425. The smallest absolute Gasteiger partial charge is 0.457 e. The Labute approximate surface area is 137 Å². The molecule has 1 rings (SSSR count). The first-order valence-corrected chi connectivity index (χ1v) is 7.31. The van der Waals surface area contributed by atoms with E-state index in [1.807, 2.05) is 0 Å². The number of amides is 1. The molecule has 0 bridgehead atoms. The van der Waals surface area contributed by atoms with Crippen molar-refractivity contribution in [3.63, 3.8) is 0 Å². The Morgan fingerprint density at radius 2 is 1.83 bits per heavy atom. The van der Waals surface area contributed by atoms with Gasteiger partial charge in [-0.1, -0.05) is 15.9 Å². The molecule has 132 valence electrons. The van der Waals surface area contributed by atoms with Gasteiger partial charge in [-0.05, 0) is 13.8 Å². The zero-order valence-corrected chi connectivity index (χ0v) is 13.9. The summed E-state index contributed by atoms with van der Waals surface area (Å²) in [6, 6.07) is -1.86. The molecule has 0 unspecified atom stereocenters. The molecule has 0 radical (unpaired) electrons. The summed E-state index contributed by atoms with van der Waals surface area (Å²) in [7, 11) is 0.